The van der Waals surface area contributed by atoms with E-state index in [4.69, 9.17) is 9.47 Å². The van der Waals surface area contributed by atoms with E-state index >= 15 is 0 Å². The van der Waals surface area contributed by atoms with Crippen molar-refractivity contribution in [2.45, 2.75) is 0 Å². The maximum atomic E-state index is 13.7. The second-order valence-corrected chi connectivity index (χ2v) is 8.33. The molecule has 2 heterocycles. The summed E-state index contributed by atoms with van der Waals surface area (Å²) in [6, 6.07) is 23.7. The normalized spacial score (nSPS) is 13.7. The lowest BCUT2D eigenvalue weighted by atomic mass is 9.99. The van der Waals surface area contributed by atoms with Crippen LogP contribution in [0.5, 0.6) is 11.5 Å². The van der Waals surface area contributed by atoms with Crippen molar-refractivity contribution in [3.05, 3.63) is 90.1 Å². The second kappa shape index (κ2) is 9.43. The Labute approximate surface area is 199 Å². The van der Waals surface area contributed by atoms with Gasteiger partial charge >= 0.3 is 0 Å². The van der Waals surface area contributed by atoms with Crippen LogP contribution >= 0.6 is 0 Å². The first-order chi connectivity index (χ1) is 16.7. The van der Waals surface area contributed by atoms with E-state index in [1.54, 1.807) is 14.2 Å². The van der Waals surface area contributed by atoms with Gasteiger partial charge < -0.3 is 19.3 Å². The smallest absolute Gasteiger partial charge is 0.213 e. The summed E-state index contributed by atoms with van der Waals surface area (Å²) in [5, 5.41) is 0.979. The fraction of sp³-hybridized carbons (Fsp3) is 0.214. The lowest BCUT2D eigenvalue weighted by Crippen LogP contribution is -2.47. The van der Waals surface area contributed by atoms with E-state index in [0.29, 0.717) is 11.1 Å². The van der Waals surface area contributed by atoms with E-state index in [-0.39, 0.29) is 5.78 Å². The number of pyridine rings is 1. The number of hydrogen-bond acceptors (Lipinski definition) is 5. The number of carbonyl (C=O) groups excluding carboxylic acids is 1. The Hall–Kier alpha value is -4.06. The molecular formula is C28H28N3O3+. The van der Waals surface area contributed by atoms with Crippen LogP contribution in [-0.2, 0) is 0 Å². The first-order valence-electron chi connectivity index (χ1n) is 11.4. The highest BCUT2D eigenvalue weighted by molar-refractivity contribution is 6.15. The Morgan fingerprint density at radius 3 is 2.12 bits per heavy atom. The molecule has 34 heavy (non-hydrogen) atoms. The van der Waals surface area contributed by atoms with Gasteiger partial charge in [-0.1, -0.05) is 18.2 Å². The maximum absolute atomic E-state index is 13.7. The minimum absolute atomic E-state index is 0.0240. The van der Waals surface area contributed by atoms with Crippen LogP contribution in [0.25, 0.3) is 10.9 Å². The molecule has 5 rings (SSSR count). The van der Waals surface area contributed by atoms with Crippen molar-refractivity contribution in [1.82, 2.24) is 0 Å². The van der Waals surface area contributed by atoms with Gasteiger partial charge in [-0.25, -0.2) is 4.98 Å². The van der Waals surface area contributed by atoms with Gasteiger partial charge in [-0.05, 0) is 48.5 Å². The summed E-state index contributed by atoms with van der Waals surface area (Å²) in [6.45, 7) is 3.39. The minimum Gasteiger partial charge on any atom is -0.497 e. The number of benzene rings is 3. The van der Waals surface area contributed by atoms with Crippen LogP contribution in [0.4, 0.5) is 11.4 Å². The Bertz CT molecular complexity index is 1300. The maximum Gasteiger partial charge on any atom is 0.213 e. The van der Waals surface area contributed by atoms with Gasteiger partial charge in [0, 0.05) is 43.5 Å². The van der Waals surface area contributed by atoms with Crippen LogP contribution in [0.1, 0.15) is 15.9 Å². The number of methoxy groups -OCH3 is 2. The highest BCUT2D eigenvalue weighted by atomic mass is 16.5. The van der Waals surface area contributed by atoms with Gasteiger partial charge in [0.05, 0.1) is 25.3 Å². The number of anilines is 2. The molecule has 0 saturated carbocycles. The van der Waals surface area contributed by atoms with Crippen LogP contribution in [0.3, 0.4) is 0 Å². The molecule has 0 aliphatic carbocycles. The molecule has 0 amide bonds. The second-order valence-electron chi connectivity index (χ2n) is 8.33. The van der Waals surface area contributed by atoms with E-state index in [9.17, 15) is 4.79 Å². The average molecular weight is 455 g/mol. The fourth-order valence-corrected chi connectivity index (χ4v) is 4.57. The molecule has 0 bridgehead atoms. The number of aromatic amines is 1. The summed E-state index contributed by atoms with van der Waals surface area (Å²) in [4.78, 5) is 21.7. The number of fused-ring (bicyclic) bond motifs is 1. The molecule has 3 aromatic carbocycles. The average Bonchev–Trinajstić information content (AvgIpc) is 2.92. The third-order valence-electron chi connectivity index (χ3n) is 6.42. The number of piperazine rings is 1. The molecular weight excluding hydrogens is 426 g/mol. The third kappa shape index (κ3) is 4.15. The molecule has 1 aliphatic rings. The molecule has 0 radical (unpaired) electrons. The zero-order chi connectivity index (χ0) is 23.5. The lowest BCUT2D eigenvalue weighted by molar-refractivity contribution is -0.344. The zero-order valence-corrected chi connectivity index (χ0v) is 19.5. The first kappa shape index (κ1) is 21.8. The topological polar surface area (TPSA) is 56.2 Å². The monoisotopic (exact) mass is 454 g/mol. The summed E-state index contributed by atoms with van der Waals surface area (Å²) in [5.74, 6) is 1.46. The van der Waals surface area contributed by atoms with E-state index in [1.807, 2.05) is 54.7 Å². The molecule has 1 aromatic heterocycles. The highest BCUT2D eigenvalue weighted by Gasteiger charge is 2.27. The van der Waals surface area contributed by atoms with Crippen molar-refractivity contribution in [2.24, 2.45) is 0 Å². The Kier molecular flexibility index (Phi) is 6.04. The number of aromatic nitrogens is 1. The zero-order valence-electron chi connectivity index (χ0n) is 19.5. The number of hydrogen-bond donors (Lipinski definition) is 0. The van der Waals surface area contributed by atoms with Gasteiger partial charge in [-0.2, -0.15) is 0 Å². The van der Waals surface area contributed by atoms with Crippen LogP contribution < -0.4 is 24.3 Å². The SMILES string of the molecule is COc1ccc(C(=O)c2c[nH+]c3ccc(OC)cc3c2N2CCN(c3ccccc3)CC2)cc1. The summed E-state index contributed by atoms with van der Waals surface area (Å²) in [5.41, 5.74) is 4.41. The standard InChI is InChI=1S/C28H27N3O3/c1-33-22-10-8-20(9-11-22)28(32)25-19-29-26-13-12-23(34-2)18-24(26)27(25)31-16-14-30(15-17-31)21-6-4-3-5-7-21/h3-13,18-19H,14-17H2,1-2H3/p+1. The van der Waals surface area contributed by atoms with E-state index < -0.39 is 0 Å². The molecule has 0 spiro atoms. The van der Waals surface area contributed by atoms with Crippen LogP contribution in [0, 0.1) is 0 Å². The van der Waals surface area contributed by atoms with Crippen molar-refractivity contribution < 1.29 is 19.3 Å². The van der Waals surface area contributed by atoms with Crippen LogP contribution in [-0.4, -0.2) is 46.2 Å². The molecule has 172 valence electrons. The quantitative estimate of drug-likeness (QED) is 0.408. The lowest BCUT2D eigenvalue weighted by Gasteiger charge is -2.38. The number of nitrogens with one attached hydrogen (secondary N) is 1. The first-order valence-corrected chi connectivity index (χ1v) is 11.4. The number of para-hydroxylation sites is 1. The Balaban J connectivity index is 1.54. The van der Waals surface area contributed by atoms with Crippen molar-refractivity contribution in [1.29, 1.82) is 0 Å². The van der Waals surface area contributed by atoms with Gasteiger partial charge in [-0.15, -0.1) is 0 Å². The van der Waals surface area contributed by atoms with E-state index in [1.165, 1.54) is 5.69 Å². The molecule has 0 atom stereocenters. The van der Waals surface area contributed by atoms with Crippen molar-refractivity contribution in [3.8, 4) is 11.5 Å². The number of ketones is 1. The molecule has 6 heteroatoms. The van der Waals surface area contributed by atoms with Crippen molar-refractivity contribution in [3.63, 3.8) is 0 Å². The minimum atomic E-state index is -0.0240. The summed E-state index contributed by atoms with van der Waals surface area (Å²) < 4.78 is 10.8. The van der Waals surface area contributed by atoms with Crippen LogP contribution in [0.15, 0.2) is 79.0 Å². The summed E-state index contributed by atoms with van der Waals surface area (Å²) >= 11 is 0. The number of H-pyrrole nitrogens is 1. The predicted octanol–water partition coefficient (Wildman–Crippen LogP) is 4.23. The number of nitrogens with zero attached hydrogens (tertiary/aromatic N) is 2. The number of carbonyl (C=O) groups is 1. The molecule has 1 N–H and O–H groups in total. The number of ether oxygens (including phenoxy) is 2. The van der Waals surface area contributed by atoms with Gasteiger partial charge in [-0.3, -0.25) is 4.79 Å². The van der Waals surface area contributed by atoms with Crippen molar-refractivity contribution >= 4 is 28.1 Å². The molecule has 4 aromatic rings. The summed E-state index contributed by atoms with van der Waals surface area (Å²) in [6.07, 6.45) is 1.83. The number of rotatable bonds is 6. The van der Waals surface area contributed by atoms with E-state index in [0.717, 1.165) is 54.3 Å². The fourth-order valence-electron chi connectivity index (χ4n) is 4.57. The molecule has 1 aliphatic heterocycles. The Morgan fingerprint density at radius 2 is 1.44 bits per heavy atom. The van der Waals surface area contributed by atoms with Gasteiger partial charge in [0.1, 0.15) is 17.1 Å². The molecule has 1 saturated heterocycles. The third-order valence-corrected chi connectivity index (χ3v) is 6.42. The largest absolute Gasteiger partial charge is 0.497 e. The van der Waals surface area contributed by atoms with Gasteiger partial charge in [0.2, 0.25) is 11.3 Å². The van der Waals surface area contributed by atoms with Crippen molar-refractivity contribution in [2.75, 3.05) is 50.2 Å². The van der Waals surface area contributed by atoms with Gasteiger partial charge in [0.25, 0.3) is 0 Å². The predicted molar refractivity (Wildman–Crippen MR) is 134 cm³/mol. The Morgan fingerprint density at radius 1 is 0.794 bits per heavy atom. The molecule has 0 unspecified atom stereocenters. The highest BCUT2D eigenvalue weighted by Crippen LogP contribution is 2.33. The summed E-state index contributed by atoms with van der Waals surface area (Å²) in [7, 11) is 3.28. The molecule has 1 fully saturated rings. The van der Waals surface area contributed by atoms with Gasteiger partial charge in [0.15, 0.2) is 6.20 Å². The van der Waals surface area contributed by atoms with Crippen LogP contribution in [0.2, 0.25) is 0 Å². The molecule has 6 nitrogen and oxygen atoms in total. The van der Waals surface area contributed by atoms with E-state index in [2.05, 4.69) is 39.0 Å².